The largest absolute Gasteiger partial charge is 0.304 e. The Hall–Kier alpha value is -1.88. The molecule has 0 spiro atoms. The van der Waals surface area contributed by atoms with E-state index in [1.807, 2.05) is 10.6 Å². The number of aromatic nitrogens is 2. The van der Waals surface area contributed by atoms with E-state index in [1.165, 1.54) is 0 Å². The number of nitrogens with one attached hydrogen (secondary N) is 1. The highest BCUT2D eigenvalue weighted by atomic mass is 16.2. The SMILES string of the molecule is CCc1cnc2cc(C(=O)NN)ccn12. The van der Waals surface area contributed by atoms with Crippen molar-refractivity contribution in [2.45, 2.75) is 13.3 Å². The molecule has 0 unspecified atom stereocenters. The number of fused-ring (bicyclic) bond motifs is 1. The molecule has 2 aromatic heterocycles. The van der Waals surface area contributed by atoms with Crippen molar-refractivity contribution in [1.82, 2.24) is 14.8 Å². The van der Waals surface area contributed by atoms with Crippen molar-refractivity contribution in [2.75, 3.05) is 0 Å². The lowest BCUT2D eigenvalue weighted by molar-refractivity contribution is 0.0953. The summed E-state index contributed by atoms with van der Waals surface area (Å²) in [5.41, 5.74) is 4.48. The van der Waals surface area contributed by atoms with Crippen LogP contribution in [-0.4, -0.2) is 15.3 Å². The highest BCUT2D eigenvalue weighted by Gasteiger charge is 2.06. The molecule has 5 heteroatoms. The maximum Gasteiger partial charge on any atom is 0.265 e. The molecular formula is C10H12N4O. The Kier molecular flexibility index (Phi) is 2.39. The lowest BCUT2D eigenvalue weighted by Gasteiger charge is -2.01. The summed E-state index contributed by atoms with van der Waals surface area (Å²) in [6.45, 7) is 2.06. The predicted molar refractivity (Wildman–Crippen MR) is 56.2 cm³/mol. The quantitative estimate of drug-likeness (QED) is 0.425. The average molecular weight is 204 g/mol. The van der Waals surface area contributed by atoms with E-state index in [1.54, 1.807) is 18.3 Å². The zero-order valence-electron chi connectivity index (χ0n) is 8.40. The molecule has 5 nitrogen and oxygen atoms in total. The second-order valence-corrected chi connectivity index (χ2v) is 3.22. The minimum absolute atomic E-state index is 0.307. The van der Waals surface area contributed by atoms with Crippen molar-refractivity contribution in [1.29, 1.82) is 0 Å². The Bertz CT molecular complexity index is 503. The third kappa shape index (κ3) is 1.57. The van der Waals surface area contributed by atoms with Gasteiger partial charge in [0.15, 0.2) is 0 Å². The van der Waals surface area contributed by atoms with Crippen LogP contribution in [0.25, 0.3) is 5.65 Å². The van der Waals surface area contributed by atoms with Gasteiger partial charge in [0.1, 0.15) is 5.65 Å². The van der Waals surface area contributed by atoms with Gasteiger partial charge in [0, 0.05) is 23.7 Å². The number of pyridine rings is 1. The Morgan fingerprint density at radius 1 is 1.67 bits per heavy atom. The number of carbonyl (C=O) groups excluding carboxylic acids is 1. The number of hydrogen-bond donors (Lipinski definition) is 2. The normalized spacial score (nSPS) is 10.5. The summed E-state index contributed by atoms with van der Waals surface area (Å²) in [7, 11) is 0. The molecule has 0 atom stereocenters. The number of imidazole rings is 1. The minimum atomic E-state index is -0.307. The first-order valence-corrected chi connectivity index (χ1v) is 4.73. The molecule has 0 aromatic carbocycles. The first-order valence-electron chi connectivity index (χ1n) is 4.73. The van der Waals surface area contributed by atoms with Crippen LogP contribution in [0.3, 0.4) is 0 Å². The van der Waals surface area contributed by atoms with Gasteiger partial charge < -0.3 is 4.40 Å². The number of amides is 1. The Morgan fingerprint density at radius 3 is 3.13 bits per heavy atom. The molecule has 1 amide bonds. The predicted octanol–water partition coefficient (Wildman–Crippen LogP) is 0.500. The molecule has 0 saturated carbocycles. The van der Waals surface area contributed by atoms with E-state index in [0.717, 1.165) is 17.8 Å². The molecule has 2 rings (SSSR count). The lowest BCUT2D eigenvalue weighted by atomic mass is 10.2. The van der Waals surface area contributed by atoms with Gasteiger partial charge in [0.2, 0.25) is 0 Å². The van der Waals surface area contributed by atoms with Gasteiger partial charge in [0.05, 0.1) is 0 Å². The van der Waals surface area contributed by atoms with E-state index in [9.17, 15) is 4.79 Å². The van der Waals surface area contributed by atoms with Gasteiger partial charge in [-0.25, -0.2) is 10.8 Å². The Balaban J connectivity index is 2.53. The summed E-state index contributed by atoms with van der Waals surface area (Å²) in [6, 6.07) is 3.43. The maximum absolute atomic E-state index is 11.3. The summed E-state index contributed by atoms with van der Waals surface area (Å²) < 4.78 is 1.95. The van der Waals surface area contributed by atoms with Crippen LogP contribution in [0.1, 0.15) is 23.0 Å². The second kappa shape index (κ2) is 3.70. The highest BCUT2D eigenvalue weighted by Crippen LogP contribution is 2.09. The standard InChI is InChI=1S/C10H12N4O/c1-2-8-6-12-9-5-7(10(15)13-11)3-4-14(8)9/h3-6H,2,11H2,1H3,(H,13,15). The molecule has 0 aliphatic carbocycles. The van der Waals surface area contributed by atoms with Crippen LogP contribution >= 0.6 is 0 Å². The van der Waals surface area contributed by atoms with Crippen molar-refractivity contribution in [3.05, 3.63) is 35.8 Å². The fourth-order valence-corrected chi connectivity index (χ4v) is 1.52. The summed E-state index contributed by atoms with van der Waals surface area (Å²) >= 11 is 0. The number of nitrogens with zero attached hydrogens (tertiary/aromatic N) is 2. The molecule has 3 N–H and O–H groups in total. The maximum atomic E-state index is 11.3. The first-order chi connectivity index (χ1) is 7.26. The number of hydrazine groups is 1. The average Bonchev–Trinajstić information content (AvgIpc) is 2.69. The van der Waals surface area contributed by atoms with E-state index >= 15 is 0 Å². The number of aryl methyl sites for hydroxylation is 1. The number of rotatable bonds is 2. The Labute approximate surface area is 86.9 Å². The van der Waals surface area contributed by atoms with Gasteiger partial charge in [-0.05, 0) is 18.6 Å². The number of nitrogen functional groups attached to an aromatic ring is 1. The number of carbonyl (C=O) groups is 1. The molecule has 0 aliphatic heterocycles. The lowest BCUT2D eigenvalue weighted by Crippen LogP contribution is -2.30. The summed E-state index contributed by atoms with van der Waals surface area (Å²) in [5.74, 6) is 4.75. The molecular weight excluding hydrogens is 192 g/mol. The van der Waals surface area contributed by atoms with E-state index in [-0.39, 0.29) is 5.91 Å². The van der Waals surface area contributed by atoms with Crippen LogP contribution in [0.15, 0.2) is 24.5 Å². The van der Waals surface area contributed by atoms with E-state index in [0.29, 0.717) is 5.56 Å². The Morgan fingerprint density at radius 2 is 2.47 bits per heavy atom. The fourth-order valence-electron chi connectivity index (χ4n) is 1.52. The van der Waals surface area contributed by atoms with Crippen molar-refractivity contribution < 1.29 is 4.79 Å². The van der Waals surface area contributed by atoms with Crippen LogP contribution < -0.4 is 11.3 Å². The molecule has 0 fully saturated rings. The van der Waals surface area contributed by atoms with Crippen LogP contribution in [0.4, 0.5) is 0 Å². The third-order valence-electron chi connectivity index (χ3n) is 2.35. The first kappa shape index (κ1) is 9.67. The zero-order chi connectivity index (χ0) is 10.8. The van der Waals surface area contributed by atoms with Gasteiger partial charge in [0.25, 0.3) is 5.91 Å². The number of hydrogen-bond acceptors (Lipinski definition) is 3. The van der Waals surface area contributed by atoms with E-state index in [4.69, 9.17) is 5.84 Å². The van der Waals surface area contributed by atoms with Crippen LogP contribution in [0.2, 0.25) is 0 Å². The van der Waals surface area contributed by atoms with Gasteiger partial charge in [-0.2, -0.15) is 0 Å². The minimum Gasteiger partial charge on any atom is -0.304 e. The van der Waals surface area contributed by atoms with Gasteiger partial charge in [-0.3, -0.25) is 10.2 Å². The van der Waals surface area contributed by atoms with Crippen molar-refractivity contribution >= 4 is 11.6 Å². The molecule has 78 valence electrons. The summed E-state index contributed by atoms with van der Waals surface area (Å²) in [4.78, 5) is 15.5. The molecule has 2 heterocycles. The summed E-state index contributed by atoms with van der Waals surface area (Å²) in [6.07, 6.45) is 4.54. The van der Waals surface area contributed by atoms with Crippen molar-refractivity contribution in [3.8, 4) is 0 Å². The molecule has 15 heavy (non-hydrogen) atoms. The summed E-state index contributed by atoms with van der Waals surface area (Å²) in [5, 5.41) is 0. The highest BCUT2D eigenvalue weighted by molar-refractivity contribution is 5.94. The van der Waals surface area contributed by atoms with Crippen LogP contribution in [0.5, 0.6) is 0 Å². The van der Waals surface area contributed by atoms with E-state index < -0.39 is 0 Å². The van der Waals surface area contributed by atoms with Gasteiger partial charge in [-0.15, -0.1) is 0 Å². The van der Waals surface area contributed by atoms with E-state index in [2.05, 4.69) is 17.3 Å². The molecule has 2 aromatic rings. The van der Waals surface area contributed by atoms with Crippen molar-refractivity contribution in [2.24, 2.45) is 5.84 Å². The number of nitrogens with two attached hydrogens (primary N) is 1. The third-order valence-corrected chi connectivity index (χ3v) is 2.35. The van der Waals surface area contributed by atoms with Crippen molar-refractivity contribution in [3.63, 3.8) is 0 Å². The molecule has 0 bridgehead atoms. The van der Waals surface area contributed by atoms with Gasteiger partial charge in [-0.1, -0.05) is 6.92 Å². The fraction of sp³-hybridized carbons (Fsp3) is 0.200. The van der Waals surface area contributed by atoms with Crippen LogP contribution in [-0.2, 0) is 6.42 Å². The second-order valence-electron chi connectivity index (χ2n) is 3.22. The molecule has 0 saturated heterocycles. The van der Waals surface area contributed by atoms with Crippen LogP contribution in [0, 0.1) is 0 Å². The monoisotopic (exact) mass is 204 g/mol. The molecule has 0 aliphatic rings. The zero-order valence-corrected chi connectivity index (χ0v) is 8.40. The molecule has 0 radical (unpaired) electrons. The smallest absolute Gasteiger partial charge is 0.265 e. The van der Waals surface area contributed by atoms with Gasteiger partial charge >= 0.3 is 0 Å². The topological polar surface area (TPSA) is 72.4 Å².